The largest absolute Gasteiger partial charge is 0.507 e. The van der Waals surface area contributed by atoms with Gasteiger partial charge in [-0.25, -0.2) is 9.97 Å². The van der Waals surface area contributed by atoms with Gasteiger partial charge in [0.25, 0.3) is 0 Å². The molecule has 0 radical (unpaired) electrons. The van der Waals surface area contributed by atoms with Gasteiger partial charge in [0.2, 0.25) is 0 Å². The van der Waals surface area contributed by atoms with Crippen LogP contribution in [0.2, 0.25) is 0 Å². The molecular formula is C47H38N4O. The summed E-state index contributed by atoms with van der Waals surface area (Å²) in [5.41, 5.74) is 12.1. The molecule has 1 N–H and O–H groups in total. The Morgan fingerprint density at radius 2 is 1.17 bits per heavy atom. The van der Waals surface area contributed by atoms with Crippen LogP contribution in [0.5, 0.6) is 5.75 Å². The summed E-state index contributed by atoms with van der Waals surface area (Å²) < 4.78 is 2.24. The molecule has 0 amide bonds. The van der Waals surface area contributed by atoms with E-state index in [1.165, 1.54) is 0 Å². The first-order chi connectivity index (χ1) is 25.2. The number of hydrogen-bond donors (Lipinski definition) is 1. The van der Waals surface area contributed by atoms with Crippen molar-refractivity contribution in [1.29, 1.82) is 0 Å². The number of benzene rings is 5. The van der Waals surface area contributed by atoms with Crippen LogP contribution in [0, 0.1) is 0 Å². The van der Waals surface area contributed by atoms with Crippen molar-refractivity contribution < 1.29 is 5.11 Å². The van der Waals surface area contributed by atoms with Crippen LogP contribution < -0.4 is 0 Å². The highest BCUT2D eigenvalue weighted by Gasteiger charge is 2.47. The molecule has 1 aliphatic rings. The molecule has 0 aliphatic heterocycles. The molecule has 0 spiro atoms. The van der Waals surface area contributed by atoms with Crippen LogP contribution in [0.1, 0.15) is 38.8 Å². The highest BCUT2D eigenvalue weighted by molar-refractivity contribution is 5.95. The van der Waals surface area contributed by atoms with Crippen LogP contribution in [0.15, 0.2) is 152 Å². The average Bonchev–Trinajstić information content (AvgIpc) is 3.62. The van der Waals surface area contributed by atoms with Crippen LogP contribution in [0.25, 0.3) is 72.9 Å². The molecule has 0 unspecified atom stereocenters. The molecule has 0 saturated carbocycles. The Bertz CT molecular complexity index is 2570. The lowest BCUT2D eigenvalue weighted by atomic mass is 9.56. The number of nitrogens with zero attached hydrogens (tertiary/aromatic N) is 4. The fourth-order valence-electron chi connectivity index (χ4n) is 7.95. The Labute approximate surface area is 304 Å². The predicted octanol–water partition coefficient (Wildman–Crippen LogP) is 11.4. The first-order valence-electron chi connectivity index (χ1n) is 17.8. The van der Waals surface area contributed by atoms with E-state index in [-0.39, 0.29) is 16.6 Å². The van der Waals surface area contributed by atoms with Gasteiger partial charge in [0.05, 0.1) is 22.6 Å². The molecule has 0 atom stereocenters. The Morgan fingerprint density at radius 3 is 1.88 bits per heavy atom. The third kappa shape index (κ3) is 4.80. The Balaban J connectivity index is 1.35. The average molecular weight is 675 g/mol. The standard InChI is InChI=1S/C47H38N4O/c1-46(2)36-23-13-25-41(52)42(36)43-37(47(46,3)4)26-27-39(49-43)40-29-51(45(50-40)35-21-12-24-38-34(35)22-14-28-48-38)44-32(30-15-7-5-8-16-30)19-11-20-33(44)31-17-9-6-10-18-31/h5-29,52H,1-4H3. The molecule has 5 nitrogen and oxygen atoms in total. The van der Waals surface area contributed by atoms with E-state index in [1.54, 1.807) is 6.07 Å². The maximum Gasteiger partial charge on any atom is 0.146 e. The van der Waals surface area contributed by atoms with Crippen molar-refractivity contribution in [2.45, 2.75) is 38.5 Å². The molecule has 8 aromatic rings. The van der Waals surface area contributed by atoms with Gasteiger partial charge < -0.3 is 5.11 Å². The van der Waals surface area contributed by atoms with Crippen LogP contribution in [0.4, 0.5) is 0 Å². The zero-order valence-corrected chi connectivity index (χ0v) is 29.7. The van der Waals surface area contributed by atoms with E-state index < -0.39 is 0 Å². The van der Waals surface area contributed by atoms with E-state index in [0.29, 0.717) is 0 Å². The van der Waals surface area contributed by atoms with Gasteiger partial charge in [-0.2, -0.15) is 0 Å². The van der Waals surface area contributed by atoms with Crippen LogP contribution in [0.3, 0.4) is 0 Å². The maximum absolute atomic E-state index is 11.3. The number of pyridine rings is 2. The lowest BCUT2D eigenvalue weighted by molar-refractivity contribution is 0.296. The number of hydrogen-bond acceptors (Lipinski definition) is 4. The molecule has 0 bridgehead atoms. The van der Waals surface area contributed by atoms with Crippen LogP contribution >= 0.6 is 0 Å². The fourth-order valence-corrected chi connectivity index (χ4v) is 7.95. The summed E-state index contributed by atoms with van der Waals surface area (Å²) in [6.07, 6.45) is 3.95. The molecule has 3 aromatic heterocycles. The number of aromatic nitrogens is 4. The number of fused-ring (bicyclic) bond motifs is 4. The highest BCUT2D eigenvalue weighted by atomic mass is 16.3. The summed E-state index contributed by atoms with van der Waals surface area (Å²) in [5.74, 6) is 1.03. The van der Waals surface area contributed by atoms with Gasteiger partial charge in [0.1, 0.15) is 17.3 Å². The molecule has 9 rings (SSSR count). The molecule has 5 aromatic carbocycles. The van der Waals surface area contributed by atoms with Crippen molar-refractivity contribution in [2.75, 3.05) is 0 Å². The summed E-state index contributed by atoms with van der Waals surface area (Å²) in [4.78, 5) is 15.5. The SMILES string of the molecule is CC1(C)c2ccc(-c3cn(-c4c(-c5ccccc5)cccc4-c4ccccc4)c(-c4cccc5ncccc45)n3)nc2-c2c(O)cccc2C1(C)C. The first-order valence-corrected chi connectivity index (χ1v) is 17.8. The first kappa shape index (κ1) is 31.6. The van der Waals surface area contributed by atoms with E-state index >= 15 is 0 Å². The Kier molecular flexibility index (Phi) is 7.23. The number of phenolic OH excluding ortho intramolecular Hbond substituents is 1. The van der Waals surface area contributed by atoms with Crippen molar-refractivity contribution in [1.82, 2.24) is 19.5 Å². The van der Waals surface area contributed by atoms with Crippen LogP contribution in [-0.4, -0.2) is 24.6 Å². The number of rotatable bonds is 5. The molecule has 0 fully saturated rings. The minimum absolute atomic E-state index is 0.233. The van der Waals surface area contributed by atoms with Gasteiger partial charge in [-0.1, -0.05) is 143 Å². The topological polar surface area (TPSA) is 63.8 Å². The second kappa shape index (κ2) is 11.9. The highest BCUT2D eigenvalue weighted by Crippen LogP contribution is 2.55. The second-order valence-electron chi connectivity index (χ2n) is 14.7. The summed E-state index contributed by atoms with van der Waals surface area (Å²) in [6, 6.07) is 47.9. The van der Waals surface area contributed by atoms with E-state index in [0.717, 1.165) is 84.0 Å². The predicted molar refractivity (Wildman–Crippen MR) is 212 cm³/mol. The minimum atomic E-state index is -0.242. The fraction of sp³-hybridized carbons (Fsp3) is 0.128. The molecule has 3 heterocycles. The third-order valence-corrected chi connectivity index (χ3v) is 11.4. The van der Waals surface area contributed by atoms with Gasteiger partial charge in [-0.15, -0.1) is 0 Å². The summed E-state index contributed by atoms with van der Waals surface area (Å²) in [7, 11) is 0. The van der Waals surface area contributed by atoms with Crippen molar-refractivity contribution in [3.05, 3.63) is 163 Å². The van der Waals surface area contributed by atoms with Crippen molar-refractivity contribution >= 4 is 10.9 Å². The van der Waals surface area contributed by atoms with Crippen molar-refractivity contribution in [2.24, 2.45) is 0 Å². The number of para-hydroxylation sites is 1. The summed E-state index contributed by atoms with van der Waals surface area (Å²) >= 11 is 0. The molecule has 1 aliphatic carbocycles. The number of imidazole rings is 1. The lowest BCUT2D eigenvalue weighted by Crippen LogP contribution is -2.43. The Hall–Kier alpha value is -6.33. The monoisotopic (exact) mass is 674 g/mol. The van der Waals surface area contributed by atoms with Crippen LogP contribution in [-0.2, 0) is 10.8 Å². The normalized spacial score (nSPS) is 14.2. The molecule has 52 heavy (non-hydrogen) atoms. The van der Waals surface area contributed by atoms with Crippen molar-refractivity contribution in [3.63, 3.8) is 0 Å². The zero-order chi connectivity index (χ0) is 35.6. The van der Waals surface area contributed by atoms with Gasteiger partial charge in [0, 0.05) is 45.4 Å². The molecule has 252 valence electrons. The van der Waals surface area contributed by atoms with E-state index in [9.17, 15) is 5.11 Å². The second-order valence-corrected chi connectivity index (χ2v) is 14.7. The van der Waals surface area contributed by atoms with Crippen molar-refractivity contribution in [3.8, 4) is 67.7 Å². The van der Waals surface area contributed by atoms with E-state index in [1.807, 2.05) is 42.6 Å². The molecule has 0 saturated heterocycles. The van der Waals surface area contributed by atoms with Gasteiger partial charge in [0.15, 0.2) is 0 Å². The smallest absolute Gasteiger partial charge is 0.146 e. The summed E-state index contributed by atoms with van der Waals surface area (Å²) in [5, 5.41) is 12.3. The minimum Gasteiger partial charge on any atom is -0.507 e. The van der Waals surface area contributed by atoms with Gasteiger partial charge in [-0.3, -0.25) is 9.55 Å². The quantitative estimate of drug-likeness (QED) is 0.197. The number of aromatic hydroxyl groups is 1. The maximum atomic E-state index is 11.3. The number of phenols is 1. The van der Waals surface area contributed by atoms with E-state index in [2.05, 4.69) is 136 Å². The lowest BCUT2D eigenvalue weighted by Gasteiger charge is -2.47. The molecular weight excluding hydrogens is 637 g/mol. The Morgan fingerprint density at radius 1 is 0.538 bits per heavy atom. The molecule has 5 heteroatoms. The van der Waals surface area contributed by atoms with E-state index in [4.69, 9.17) is 15.0 Å². The van der Waals surface area contributed by atoms with Gasteiger partial charge in [-0.05, 0) is 51.9 Å². The third-order valence-electron chi connectivity index (χ3n) is 11.4. The zero-order valence-electron chi connectivity index (χ0n) is 29.7. The summed E-state index contributed by atoms with van der Waals surface area (Å²) in [6.45, 7) is 9.05. The van der Waals surface area contributed by atoms with Gasteiger partial charge >= 0.3 is 0 Å².